The van der Waals surface area contributed by atoms with Crippen molar-refractivity contribution in [1.29, 1.82) is 0 Å². The highest BCUT2D eigenvalue weighted by Gasteiger charge is 2.29. The number of piperidine rings is 1. The number of amides is 1. The Kier molecular flexibility index (Phi) is 4.97. The highest BCUT2D eigenvalue weighted by Crippen LogP contribution is 2.25. The molecule has 2 saturated heterocycles. The van der Waals surface area contributed by atoms with Crippen LogP contribution in [0, 0.1) is 12.8 Å². The van der Waals surface area contributed by atoms with Gasteiger partial charge in [0.2, 0.25) is 10.0 Å². The molecule has 1 atom stereocenters. The van der Waals surface area contributed by atoms with Gasteiger partial charge in [-0.25, -0.2) is 8.42 Å². The van der Waals surface area contributed by atoms with E-state index < -0.39 is 10.0 Å². The van der Waals surface area contributed by atoms with E-state index >= 15 is 0 Å². The van der Waals surface area contributed by atoms with E-state index in [1.165, 1.54) is 4.31 Å². The molecule has 2 fully saturated rings. The molecule has 24 heavy (non-hydrogen) atoms. The third-order valence-electron chi connectivity index (χ3n) is 5.09. The Morgan fingerprint density at radius 2 is 1.83 bits per heavy atom. The van der Waals surface area contributed by atoms with Crippen LogP contribution in [0.1, 0.15) is 48.5 Å². The van der Waals surface area contributed by atoms with E-state index in [0.717, 1.165) is 44.3 Å². The lowest BCUT2D eigenvalue weighted by Gasteiger charge is -2.31. The van der Waals surface area contributed by atoms with Gasteiger partial charge in [-0.3, -0.25) is 4.79 Å². The maximum Gasteiger partial charge on any atom is 0.254 e. The second-order valence-corrected chi connectivity index (χ2v) is 9.02. The third-order valence-corrected chi connectivity index (χ3v) is 6.98. The normalized spacial score (nSPS) is 22.8. The smallest absolute Gasteiger partial charge is 0.254 e. The number of carbonyl (C=O) groups excluding carboxylic acids is 1. The summed E-state index contributed by atoms with van der Waals surface area (Å²) in [6.07, 6.45) is 3.97. The molecule has 0 spiro atoms. The lowest BCUT2D eigenvalue weighted by Crippen LogP contribution is -2.39. The van der Waals surface area contributed by atoms with Crippen LogP contribution in [0.15, 0.2) is 23.1 Å². The van der Waals surface area contributed by atoms with Gasteiger partial charge in [0.15, 0.2) is 0 Å². The fourth-order valence-electron chi connectivity index (χ4n) is 3.61. The van der Waals surface area contributed by atoms with Gasteiger partial charge in [-0.1, -0.05) is 13.0 Å². The van der Waals surface area contributed by atoms with Crippen LogP contribution in [-0.2, 0) is 10.0 Å². The molecular formula is C18H26N2O3S. The number of carbonyl (C=O) groups is 1. The molecule has 0 aliphatic carbocycles. The lowest BCUT2D eigenvalue weighted by molar-refractivity contribution is 0.0682. The molecule has 1 aromatic rings. The van der Waals surface area contributed by atoms with E-state index in [1.54, 1.807) is 18.2 Å². The van der Waals surface area contributed by atoms with Crippen molar-refractivity contribution >= 4 is 15.9 Å². The maximum atomic E-state index is 12.9. The molecule has 0 unspecified atom stereocenters. The minimum atomic E-state index is -3.49. The molecule has 2 aliphatic heterocycles. The van der Waals surface area contributed by atoms with Crippen molar-refractivity contribution in [3.63, 3.8) is 0 Å². The van der Waals surface area contributed by atoms with Crippen molar-refractivity contribution in [2.45, 2.75) is 44.4 Å². The Balaban J connectivity index is 1.90. The molecule has 1 aromatic carbocycles. The first-order valence-corrected chi connectivity index (χ1v) is 10.2. The molecule has 0 bridgehead atoms. The second kappa shape index (κ2) is 6.84. The van der Waals surface area contributed by atoms with Gasteiger partial charge >= 0.3 is 0 Å². The zero-order valence-corrected chi connectivity index (χ0v) is 15.3. The van der Waals surface area contributed by atoms with Crippen LogP contribution in [-0.4, -0.2) is 49.7 Å². The molecule has 2 heterocycles. The molecule has 3 rings (SSSR count). The minimum absolute atomic E-state index is 0.0440. The van der Waals surface area contributed by atoms with Crippen molar-refractivity contribution in [2.75, 3.05) is 26.2 Å². The number of hydrogen-bond donors (Lipinski definition) is 0. The molecule has 5 nitrogen and oxygen atoms in total. The number of nitrogens with zero attached hydrogens (tertiary/aromatic N) is 2. The van der Waals surface area contributed by atoms with Crippen LogP contribution >= 0.6 is 0 Å². The van der Waals surface area contributed by atoms with Crippen LogP contribution < -0.4 is 0 Å². The van der Waals surface area contributed by atoms with Gasteiger partial charge in [0, 0.05) is 31.7 Å². The Hall–Kier alpha value is -1.40. The van der Waals surface area contributed by atoms with Crippen LogP contribution in [0.3, 0.4) is 0 Å². The van der Waals surface area contributed by atoms with Gasteiger partial charge in [0.25, 0.3) is 5.91 Å². The van der Waals surface area contributed by atoms with E-state index in [4.69, 9.17) is 0 Å². The first kappa shape index (κ1) is 17.4. The van der Waals surface area contributed by atoms with Crippen LogP contribution in [0.25, 0.3) is 0 Å². The Bertz CT molecular complexity index is 724. The summed E-state index contributed by atoms with van der Waals surface area (Å²) in [7, 11) is -3.49. The molecular weight excluding hydrogens is 324 g/mol. The zero-order chi connectivity index (χ0) is 17.3. The SMILES string of the molecule is Cc1ccc(S(=O)(=O)N2CCCC2)cc1C(=O)N1CCC[C@@H](C)C1. The van der Waals surface area contributed by atoms with E-state index in [9.17, 15) is 13.2 Å². The summed E-state index contributed by atoms with van der Waals surface area (Å²) in [4.78, 5) is 15.0. The summed E-state index contributed by atoms with van der Waals surface area (Å²) in [6, 6.07) is 4.95. The lowest BCUT2D eigenvalue weighted by atomic mass is 9.99. The second-order valence-electron chi connectivity index (χ2n) is 7.09. The Labute approximate surface area is 144 Å². The van der Waals surface area contributed by atoms with Crippen molar-refractivity contribution < 1.29 is 13.2 Å². The van der Waals surface area contributed by atoms with Gasteiger partial charge in [0.05, 0.1) is 4.90 Å². The predicted molar refractivity (Wildman–Crippen MR) is 93.5 cm³/mol. The molecule has 0 N–H and O–H groups in total. The van der Waals surface area contributed by atoms with E-state index in [1.807, 2.05) is 11.8 Å². The van der Waals surface area contributed by atoms with Crippen LogP contribution in [0.5, 0.6) is 0 Å². The van der Waals surface area contributed by atoms with E-state index in [0.29, 0.717) is 24.6 Å². The Morgan fingerprint density at radius 1 is 1.12 bits per heavy atom. The molecule has 1 amide bonds. The molecule has 6 heteroatoms. The zero-order valence-electron chi connectivity index (χ0n) is 14.5. The molecule has 0 radical (unpaired) electrons. The number of aryl methyl sites for hydroxylation is 1. The number of benzene rings is 1. The molecule has 2 aliphatic rings. The number of rotatable bonds is 3. The number of sulfonamides is 1. The number of hydrogen-bond acceptors (Lipinski definition) is 3. The summed E-state index contributed by atoms with van der Waals surface area (Å²) in [5, 5.41) is 0. The predicted octanol–water partition coefficient (Wildman–Crippen LogP) is 2.65. The van der Waals surface area contributed by atoms with Crippen molar-refractivity contribution in [1.82, 2.24) is 9.21 Å². The molecule has 0 aromatic heterocycles. The maximum absolute atomic E-state index is 12.9. The van der Waals surface area contributed by atoms with Crippen molar-refractivity contribution in [3.8, 4) is 0 Å². The topological polar surface area (TPSA) is 57.7 Å². The first-order chi connectivity index (χ1) is 11.4. The average molecular weight is 350 g/mol. The molecule has 132 valence electrons. The summed E-state index contributed by atoms with van der Waals surface area (Å²) in [6.45, 7) is 6.67. The Morgan fingerprint density at radius 3 is 2.50 bits per heavy atom. The fourth-order valence-corrected chi connectivity index (χ4v) is 5.16. The quantitative estimate of drug-likeness (QED) is 0.842. The summed E-state index contributed by atoms with van der Waals surface area (Å²) >= 11 is 0. The highest BCUT2D eigenvalue weighted by atomic mass is 32.2. The minimum Gasteiger partial charge on any atom is -0.338 e. The van der Waals surface area contributed by atoms with Gasteiger partial charge in [-0.2, -0.15) is 4.31 Å². The van der Waals surface area contributed by atoms with Crippen molar-refractivity contribution in [3.05, 3.63) is 29.3 Å². The highest BCUT2D eigenvalue weighted by molar-refractivity contribution is 7.89. The summed E-state index contributed by atoms with van der Waals surface area (Å²) in [5.41, 5.74) is 1.35. The van der Waals surface area contributed by atoms with Gasteiger partial charge in [0.1, 0.15) is 0 Å². The van der Waals surface area contributed by atoms with Crippen LogP contribution in [0.4, 0.5) is 0 Å². The standard InChI is InChI=1S/C18H26N2O3S/c1-14-6-5-9-19(13-14)18(21)17-12-16(8-7-15(17)2)24(22,23)20-10-3-4-11-20/h7-8,12,14H,3-6,9-11,13H2,1-2H3/t14-/m1/s1. The van der Waals surface area contributed by atoms with Gasteiger partial charge < -0.3 is 4.90 Å². The monoisotopic (exact) mass is 350 g/mol. The summed E-state index contributed by atoms with van der Waals surface area (Å²) in [5.74, 6) is 0.456. The first-order valence-electron chi connectivity index (χ1n) is 8.79. The van der Waals surface area contributed by atoms with Crippen LogP contribution in [0.2, 0.25) is 0 Å². The van der Waals surface area contributed by atoms with Gasteiger partial charge in [-0.05, 0) is 56.2 Å². The fraction of sp³-hybridized carbons (Fsp3) is 0.611. The largest absolute Gasteiger partial charge is 0.338 e. The van der Waals surface area contributed by atoms with E-state index in [-0.39, 0.29) is 10.8 Å². The average Bonchev–Trinajstić information content (AvgIpc) is 3.10. The molecule has 0 saturated carbocycles. The van der Waals surface area contributed by atoms with Crippen molar-refractivity contribution in [2.24, 2.45) is 5.92 Å². The van der Waals surface area contributed by atoms with E-state index in [2.05, 4.69) is 6.92 Å². The summed E-state index contributed by atoms with van der Waals surface area (Å²) < 4.78 is 27.0. The van der Waals surface area contributed by atoms with Gasteiger partial charge in [-0.15, -0.1) is 0 Å². The third kappa shape index (κ3) is 3.35. The number of likely N-dealkylation sites (tertiary alicyclic amines) is 1.